The lowest BCUT2D eigenvalue weighted by atomic mass is 10.1. The highest BCUT2D eigenvalue weighted by atomic mass is 35.5. The van der Waals surface area contributed by atoms with Crippen LogP contribution in [0.5, 0.6) is 5.75 Å². The van der Waals surface area contributed by atoms with Crippen molar-refractivity contribution in [3.05, 3.63) is 64.5 Å². The molecule has 0 N–H and O–H groups in total. The van der Waals surface area contributed by atoms with Crippen molar-refractivity contribution in [2.75, 3.05) is 14.2 Å². The van der Waals surface area contributed by atoms with Crippen LogP contribution >= 0.6 is 11.6 Å². The van der Waals surface area contributed by atoms with Crippen LogP contribution < -0.4 is 4.74 Å². The molecule has 26 heavy (non-hydrogen) atoms. The molecule has 0 unspecified atom stereocenters. The first-order valence-corrected chi connectivity index (χ1v) is 8.34. The molecule has 3 aromatic rings. The second kappa shape index (κ2) is 7.58. The number of amides is 1. The van der Waals surface area contributed by atoms with Crippen molar-refractivity contribution in [3.8, 4) is 17.2 Å². The zero-order chi connectivity index (χ0) is 18.7. The van der Waals surface area contributed by atoms with Crippen LogP contribution in [0, 0.1) is 6.92 Å². The number of hydrogen-bond acceptors (Lipinski definition) is 5. The van der Waals surface area contributed by atoms with E-state index in [2.05, 4.69) is 10.2 Å². The van der Waals surface area contributed by atoms with Gasteiger partial charge in [0.05, 0.1) is 19.2 Å². The van der Waals surface area contributed by atoms with Crippen molar-refractivity contribution in [3.63, 3.8) is 0 Å². The Bertz CT molecular complexity index is 922. The molecule has 1 heterocycles. The Balaban J connectivity index is 1.76. The minimum absolute atomic E-state index is 0.174. The smallest absolute Gasteiger partial charge is 0.257 e. The van der Waals surface area contributed by atoms with Gasteiger partial charge in [-0.15, -0.1) is 10.2 Å². The number of rotatable bonds is 5. The first-order valence-electron chi connectivity index (χ1n) is 7.96. The number of benzene rings is 2. The number of aromatic nitrogens is 2. The van der Waals surface area contributed by atoms with Gasteiger partial charge in [0, 0.05) is 17.6 Å². The van der Waals surface area contributed by atoms with Crippen LogP contribution in [0.4, 0.5) is 0 Å². The molecule has 0 atom stereocenters. The number of halogens is 1. The normalized spacial score (nSPS) is 10.6. The Labute approximate surface area is 156 Å². The molecule has 0 fully saturated rings. The van der Waals surface area contributed by atoms with E-state index < -0.39 is 0 Å². The molecule has 0 radical (unpaired) electrons. The largest absolute Gasteiger partial charge is 0.496 e. The molecule has 2 aromatic carbocycles. The van der Waals surface area contributed by atoms with Crippen molar-refractivity contribution < 1.29 is 13.9 Å². The third kappa shape index (κ3) is 3.86. The molecule has 0 aliphatic heterocycles. The van der Waals surface area contributed by atoms with E-state index in [4.69, 9.17) is 20.8 Å². The summed E-state index contributed by atoms with van der Waals surface area (Å²) >= 11 is 6.00. The molecule has 0 aliphatic rings. The Morgan fingerprint density at radius 1 is 1.19 bits per heavy atom. The van der Waals surface area contributed by atoms with E-state index >= 15 is 0 Å². The van der Waals surface area contributed by atoms with Gasteiger partial charge in [-0.25, -0.2) is 0 Å². The van der Waals surface area contributed by atoms with Gasteiger partial charge in [-0.05, 0) is 37.3 Å². The molecule has 0 bridgehead atoms. The van der Waals surface area contributed by atoms with Crippen LogP contribution in [-0.2, 0) is 6.54 Å². The number of methoxy groups -OCH3 is 1. The van der Waals surface area contributed by atoms with Gasteiger partial charge in [0.25, 0.3) is 5.91 Å². The van der Waals surface area contributed by atoms with Crippen LogP contribution in [0.2, 0.25) is 5.02 Å². The van der Waals surface area contributed by atoms with Gasteiger partial charge in [0.15, 0.2) is 0 Å². The van der Waals surface area contributed by atoms with Crippen molar-refractivity contribution in [2.45, 2.75) is 13.5 Å². The fraction of sp³-hybridized carbons (Fsp3) is 0.211. The number of nitrogens with zero attached hydrogens (tertiary/aromatic N) is 3. The second-order valence-corrected chi connectivity index (χ2v) is 6.31. The van der Waals surface area contributed by atoms with Gasteiger partial charge < -0.3 is 14.1 Å². The molecule has 7 heteroatoms. The van der Waals surface area contributed by atoms with Gasteiger partial charge in [-0.1, -0.05) is 29.3 Å². The monoisotopic (exact) mass is 371 g/mol. The lowest BCUT2D eigenvalue weighted by Crippen LogP contribution is -2.26. The second-order valence-electron chi connectivity index (χ2n) is 5.87. The molecule has 0 aliphatic carbocycles. The maximum absolute atomic E-state index is 12.7. The van der Waals surface area contributed by atoms with Crippen LogP contribution in [0.1, 0.15) is 21.8 Å². The molecule has 3 rings (SSSR count). The fourth-order valence-corrected chi connectivity index (χ4v) is 2.63. The maximum Gasteiger partial charge on any atom is 0.257 e. The summed E-state index contributed by atoms with van der Waals surface area (Å²) in [6.07, 6.45) is 0. The Morgan fingerprint density at radius 2 is 1.92 bits per heavy atom. The molecule has 134 valence electrons. The molecule has 0 spiro atoms. The minimum Gasteiger partial charge on any atom is -0.496 e. The van der Waals surface area contributed by atoms with Crippen molar-refractivity contribution in [2.24, 2.45) is 0 Å². The van der Waals surface area contributed by atoms with Crippen LogP contribution in [0.25, 0.3) is 11.5 Å². The lowest BCUT2D eigenvalue weighted by Gasteiger charge is -2.17. The first-order chi connectivity index (χ1) is 12.5. The highest BCUT2D eigenvalue weighted by Gasteiger charge is 2.19. The van der Waals surface area contributed by atoms with Gasteiger partial charge in [-0.2, -0.15) is 0 Å². The zero-order valence-corrected chi connectivity index (χ0v) is 15.4. The quantitative estimate of drug-likeness (QED) is 0.678. The predicted octanol–water partition coefficient (Wildman–Crippen LogP) is 3.98. The van der Waals surface area contributed by atoms with E-state index in [1.807, 2.05) is 31.2 Å². The summed E-state index contributed by atoms with van der Waals surface area (Å²) in [5.74, 6) is 0.968. The van der Waals surface area contributed by atoms with Crippen LogP contribution in [-0.4, -0.2) is 35.2 Å². The molecule has 1 aromatic heterocycles. The zero-order valence-electron chi connectivity index (χ0n) is 14.7. The summed E-state index contributed by atoms with van der Waals surface area (Å²) < 4.78 is 10.9. The first kappa shape index (κ1) is 17.9. The topological polar surface area (TPSA) is 68.5 Å². The summed E-state index contributed by atoms with van der Waals surface area (Å²) in [6, 6.07) is 12.7. The van der Waals surface area contributed by atoms with E-state index in [0.717, 1.165) is 11.1 Å². The highest BCUT2D eigenvalue weighted by molar-refractivity contribution is 6.31. The summed E-state index contributed by atoms with van der Waals surface area (Å²) in [5, 5.41) is 8.53. The molecular weight excluding hydrogens is 354 g/mol. The molecule has 0 saturated carbocycles. The molecular formula is C19H18ClN3O3. The van der Waals surface area contributed by atoms with E-state index in [1.54, 1.807) is 25.2 Å². The summed E-state index contributed by atoms with van der Waals surface area (Å²) in [4.78, 5) is 14.2. The lowest BCUT2D eigenvalue weighted by molar-refractivity contribution is 0.0769. The Morgan fingerprint density at radius 3 is 2.62 bits per heavy atom. The predicted molar refractivity (Wildman–Crippen MR) is 98.3 cm³/mol. The van der Waals surface area contributed by atoms with Crippen molar-refractivity contribution >= 4 is 17.5 Å². The van der Waals surface area contributed by atoms with E-state index in [9.17, 15) is 4.79 Å². The van der Waals surface area contributed by atoms with Gasteiger partial charge >= 0.3 is 0 Å². The average molecular weight is 372 g/mol. The third-order valence-electron chi connectivity index (χ3n) is 3.88. The summed E-state index contributed by atoms with van der Waals surface area (Å²) in [6.45, 7) is 2.18. The van der Waals surface area contributed by atoms with Crippen LogP contribution in [0.15, 0.2) is 46.9 Å². The van der Waals surface area contributed by atoms with E-state index in [1.165, 1.54) is 12.0 Å². The Hall–Kier alpha value is -2.86. The molecule has 6 nitrogen and oxygen atoms in total. The van der Waals surface area contributed by atoms with Crippen molar-refractivity contribution in [1.29, 1.82) is 0 Å². The van der Waals surface area contributed by atoms with Crippen molar-refractivity contribution in [1.82, 2.24) is 15.1 Å². The Kier molecular flexibility index (Phi) is 5.23. The number of ether oxygens (including phenoxy) is 1. The third-order valence-corrected chi connectivity index (χ3v) is 4.11. The van der Waals surface area contributed by atoms with E-state index in [-0.39, 0.29) is 12.5 Å². The maximum atomic E-state index is 12.7. The number of carbonyl (C=O) groups is 1. The van der Waals surface area contributed by atoms with Gasteiger partial charge in [0.1, 0.15) is 5.75 Å². The number of carbonyl (C=O) groups excluding carboxylic acids is 1. The summed E-state index contributed by atoms with van der Waals surface area (Å²) in [7, 11) is 3.16. The fourth-order valence-electron chi connectivity index (χ4n) is 2.46. The minimum atomic E-state index is -0.251. The van der Waals surface area contributed by atoms with Gasteiger partial charge in [-0.3, -0.25) is 4.79 Å². The SMILES string of the molecule is COc1ccc(Cl)cc1C(=O)N(C)Cc1nnc(-c2ccc(C)cc2)o1. The van der Waals surface area contributed by atoms with Gasteiger partial charge in [0.2, 0.25) is 11.8 Å². The van der Waals surface area contributed by atoms with E-state index in [0.29, 0.717) is 28.1 Å². The highest BCUT2D eigenvalue weighted by Crippen LogP contribution is 2.24. The molecule has 0 saturated heterocycles. The average Bonchev–Trinajstić information content (AvgIpc) is 3.10. The summed E-state index contributed by atoms with van der Waals surface area (Å²) in [5.41, 5.74) is 2.36. The number of hydrogen-bond donors (Lipinski definition) is 0. The molecule has 1 amide bonds. The number of aryl methyl sites for hydroxylation is 1. The standard InChI is InChI=1S/C19H18ClN3O3/c1-12-4-6-13(7-5-12)18-22-21-17(26-18)11-23(2)19(24)15-10-14(20)8-9-16(15)25-3/h4-10H,11H2,1-3H3. The van der Waals surface area contributed by atoms with Crippen LogP contribution in [0.3, 0.4) is 0 Å².